The SMILES string of the molecule is CC(=O)OC[C@@H](OC(C)=O)[C@H]1O/C(=C\Br)[C@H](OC(C)=O)[C@H]1OC(C)=O. The van der Waals surface area contributed by atoms with Gasteiger partial charge in [-0.1, -0.05) is 15.9 Å². The maximum Gasteiger partial charge on any atom is 0.303 e. The molecule has 1 aliphatic rings. The molecule has 0 aromatic carbocycles. The Morgan fingerprint density at radius 1 is 1.04 bits per heavy atom. The Balaban J connectivity index is 3.15. The molecule has 1 rings (SSSR count). The minimum Gasteiger partial charge on any atom is -0.482 e. The number of hydrogen-bond acceptors (Lipinski definition) is 9. The molecule has 9 nitrogen and oxygen atoms in total. The molecule has 0 spiro atoms. The summed E-state index contributed by atoms with van der Waals surface area (Å²) in [6, 6.07) is 0. The van der Waals surface area contributed by atoms with E-state index < -0.39 is 48.3 Å². The van der Waals surface area contributed by atoms with Crippen LogP contribution in [0.15, 0.2) is 10.7 Å². The number of carbonyl (C=O) groups is 4. The van der Waals surface area contributed by atoms with E-state index in [2.05, 4.69) is 15.9 Å². The van der Waals surface area contributed by atoms with Crippen LogP contribution >= 0.6 is 15.9 Å². The molecule has 1 fully saturated rings. The van der Waals surface area contributed by atoms with Crippen LogP contribution in [0, 0.1) is 0 Å². The molecule has 1 heterocycles. The number of esters is 4. The molecular weight excluding hydrogens is 404 g/mol. The van der Waals surface area contributed by atoms with Gasteiger partial charge in [-0.25, -0.2) is 0 Å². The molecule has 4 atom stereocenters. The molecule has 0 amide bonds. The zero-order valence-electron chi connectivity index (χ0n) is 14.1. The van der Waals surface area contributed by atoms with E-state index in [0.717, 1.165) is 0 Å². The van der Waals surface area contributed by atoms with Crippen molar-refractivity contribution in [1.29, 1.82) is 0 Å². The summed E-state index contributed by atoms with van der Waals surface area (Å²) in [5.41, 5.74) is 0. The number of carbonyl (C=O) groups excluding carboxylic acids is 4. The van der Waals surface area contributed by atoms with Crippen molar-refractivity contribution in [3.05, 3.63) is 10.7 Å². The van der Waals surface area contributed by atoms with Gasteiger partial charge in [-0.15, -0.1) is 0 Å². The lowest BCUT2D eigenvalue weighted by molar-refractivity contribution is -0.176. The second-order valence-electron chi connectivity index (χ2n) is 5.15. The van der Waals surface area contributed by atoms with Gasteiger partial charge in [-0.3, -0.25) is 19.2 Å². The van der Waals surface area contributed by atoms with Crippen molar-refractivity contribution in [2.45, 2.75) is 52.1 Å². The summed E-state index contributed by atoms with van der Waals surface area (Å²) in [5, 5.41) is 0. The Labute approximate surface area is 152 Å². The first kappa shape index (κ1) is 20.9. The van der Waals surface area contributed by atoms with Crippen LogP contribution < -0.4 is 0 Å². The molecule has 0 unspecified atom stereocenters. The first-order valence-electron chi connectivity index (χ1n) is 7.27. The monoisotopic (exact) mass is 422 g/mol. The Morgan fingerprint density at radius 2 is 1.64 bits per heavy atom. The van der Waals surface area contributed by atoms with Crippen molar-refractivity contribution in [3.63, 3.8) is 0 Å². The van der Waals surface area contributed by atoms with Gasteiger partial charge in [0.05, 0.1) is 0 Å². The van der Waals surface area contributed by atoms with E-state index in [1.54, 1.807) is 0 Å². The standard InChI is InChI=1S/C15H19BrO9/c1-7(17)21-6-12(22-8(2)18)14-15(24-10(4)20)13(23-9(3)19)11(5-16)25-14/h5,12-15H,6H2,1-4H3/b11-5-/t12-,13+,14-,15-/m1/s1. The van der Waals surface area contributed by atoms with Crippen molar-refractivity contribution in [2.75, 3.05) is 6.61 Å². The van der Waals surface area contributed by atoms with E-state index >= 15 is 0 Å². The molecule has 0 aromatic rings. The summed E-state index contributed by atoms with van der Waals surface area (Å²) in [4.78, 5) is 46.6. The predicted octanol–water partition coefficient (Wildman–Crippen LogP) is 0.980. The van der Waals surface area contributed by atoms with E-state index in [9.17, 15) is 19.2 Å². The number of hydrogen-bond donors (Lipinski definition) is 0. The first-order valence-corrected chi connectivity index (χ1v) is 8.19. The molecule has 0 aliphatic carbocycles. The molecule has 0 aromatic heterocycles. The Morgan fingerprint density at radius 3 is 2.08 bits per heavy atom. The highest BCUT2D eigenvalue weighted by atomic mass is 79.9. The topological polar surface area (TPSA) is 114 Å². The third-order valence-corrected chi connectivity index (χ3v) is 3.46. The zero-order valence-corrected chi connectivity index (χ0v) is 15.7. The smallest absolute Gasteiger partial charge is 0.303 e. The maximum absolute atomic E-state index is 11.4. The first-order chi connectivity index (χ1) is 11.6. The van der Waals surface area contributed by atoms with E-state index in [0.29, 0.717) is 0 Å². The maximum atomic E-state index is 11.4. The number of ether oxygens (including phenoxy) is 5. The average molecular weight is 423 g/mol. The number of rotatable bonds is 6. The van der Waals surface area contributed by atoms with Crippen molar-refractivity contribution in [3.8, 4) is 0 Å². The van der Waals surface area contributed by atoms with Gasteiger partial charge in [0.1, 0.15) is 12.4 Å². The van der Waals surface area contributed by atoms with Crippen molar-refractivity contribution in [2.24, 2.45) is 0 Å². The highest BCUT2D eigenvalue weighted by Gasteiger charge is 2.51. The Kier molecular flexibility index (Phi) is 7.88. The lowest BCUT2D eigenvalue weighted by Gasteiger charge is -2.27. The van der Waals surface area contributed by atoms with Gasteiger partial charge in [0.15, 0.2) is 24.4 Å². The molecule has 0 bridgehead atoms. The summed E-state index contributed by atoms with van der Waals surface area (Å²) in [7, 11) is 0. The van der Waals surface area contributed by atoms with Gasteiger partial charge < -0.3 is 23.7 Å². The van der Waals surface area contributed by atoms with Crippen LogP contribution in [-0.2, 0) is 42.9 Å². The quantitative estimate of drug-likeness (QED) is 0.456. The zero-order chi connectivity index (χ0) is 19.1. The third-order valence-electron chi connectivity index (χ3n) is 3.01. The van der Waals surface area contributed by atoms with Crippen LogP contribution in [-0.4, -0.2) is 54.9 Å². The third kappa shape index (κ3) is 6.37. The molecule has 0 N–H and O–H groups in total. The molecular formula is C15H19BrO9. The summed E-state index contributed by atoms with van der Waals surface area (Å²) in [6.07, 6.45) is -4.25. The predicted molar refractivity (Wildman–Crippen MR) is 85.2 cm³/mol. The summed E-state index contributed by atoms with van der Waals surface area (Å²) < 4.78 is 26.0. The average Bonchev–Trinajstić information content (AvgIpc) is 2.79. The van der Waals surface area contributed by atoms with E-state index in [1.165, 1.54) is 32.7 Å². The minimum absolute atomic E-state index is 0.159. The van der Waals surface area contributed by atoms with Gasteiger partial charge in [0, 0.05) is 32.7 Å². The molecule has 0 saturated carbocycles. The van der Waals surface area contributed by atoms with Gasteiger partial charge in [-0.2, -0.15) is 0 Å². The van der Waals surface area contributed by atoms with Crippen LogP contribution in [0.3, 0.4) is 0 Å². The molecule has 10 heteroatoms. The second kappa shape index (κ2) is 9.40. The van der Waals surface area contributed by atoms with Crippen molar-refractivity contribution < 1.29 is 42.9 Å². The second-order valence-corrected chi connectivity index (χ2v) is 5.61. The fraction of sp³-hybridized carbons (Fsp3) is 0.600. The van der Waals surface area contributed by atoms with Crippen LogP contribution in [0.4, 0.5) is 0 Å². The normalized spacial score (nSPS) is 24.8. The van der Waals surface area contributed by atoms with Crippen LogP contribution in [0.1, 0.15) is 27.7 Å². The summed E-state index contributed by atoms with van der Waals surface area (Å²) >= 11 is 3.08. The highest BCUT2D eigenvalue weighted by molar-refractivity contribution is 9.11. The van der Waals surface area contributed by atoms with Crippen molar-refractivity contribution >= 4 is 39.8 Å². The van der Waals surface area contributed by atoms with Crippen LogP contribution in [0.2, 0.25) is 0 Å². The van der Waals surface area contributed by atoms with Gasteiger partial charge in [0.25, 0.3) is 0 Å². The van der Waals surface area contributed by atoms with Crippen LogP contribution in [0.25, 0.3) is 0 Å². The summed E-state index contributed by atoms with van der Waals surface area (Å²) in [6.45, 7) is 4.40. The fourth-order valence-corrected chi connectivity index (χ4v) is 2.60. The van der Waals surface area contributed by atoms with Gasteiger partial charge >= 0.3 is 23.9 Å². The lowest BCUT2D eigenvalue weighted by Crippen LogP contribution is -2.46. The Hall–Kier alpha value is -2.10. The molecule has 1 aliphatic heterocycles. The molecule has 140 valence electrons. The van der Waals surface area contributed by atoms with Crippen LogP contribution in [0.5, 0.6) is 0 Å². The molecule has 25 heavy (non-hydrogen) atoms. The summed E-state index contributed by atoms with van der Waals surface area (Å²) in [5.74, 6) is -2.36. The van der Waals surface area contributed by atoms with E-state index in [4.69, 9.17) is 23.7 Å². The van der Waals surface area contributed by atoms with Gasteiger partial charge in [0.2, 0.25) is 0 Å². The Bertz CT molecular complexity index is 571. The fourth-order valence-electron chi connectivity index (χ4n) is 2.23. The van der Waals surface area contributed by atoms with E-state index in [1.807, 2.05) is 0 Å². The van der Waals surface area contributed by atoms with E-state index in [-0.39, 0.29) is 12.4 Å². The lowest BCUT2D eigenvalue weighted by atomic mass is 10.1. The highest BCUT2D eigenvalue weighted by Crippen LogP contribution is 2.33. The van der Waals surface area contributed by atoms with Crippen molar-refractivity contribution in [1.82, 2.24) is 0 Å². The molecule has 1 saturated heterocycles. The minimum atomic E-state index is -1.09. The largest absolute Gasteiger partial charge is 0.482 e. The van der Waals surface area contributed by atoms with Gasteiger partial charge in [-0.05, 0) is 0 Å². The molecule has 0 radical (unpaired) electrons. The number of halogens is 1.